The smallest absolute Gasteiger partial charge is 0.133 e. The van der Waals surface area contributed by atoms with Crippen LogP contribution in [-0.2, 0) is 0 Å². The number of rotatable bonds is 28. The molecule has 0 heterocycles. The lowest BCUT2D eigenvalue weighted by Crippen LogP contribution is -2.43. The largest absolute Gasteiger partial charge is 0.507 e. The van der Waals surface area contributed by atoms with Crippen molar-refractivity contribution in [3.63, 3.8) is 0 Å². The molecule has 0 bridgehead atoms. The molecular formula is C83H136N6O3. The molecule has 9 heteroatoms. The number of phenols is 3. The number of hydrogen-bond acceptors (Lipinski definition) is 9. The van der Waals surface area contributed by atoms with Crippen LogP contribution in [0.3, 0.4) is 0 Å². The first-order valence-electron chi connectivity index (χ1n) is 37.0. The summed E-state index contributed by atoms with van der Waals surface area (Å²) in [5, 5.41) is 39.2. The minimum Gasteiger partial charge on any atom is -0.507 e. The topological polar surface area (TPSA) is 174 Å². The van der Waals surface area contributed by atoms with Crippen molar-refractivity contribution in [3.8, 4) is 52.8 Å². The number of nitrogens with two attached hydrogens (primary N) is 2. The van der Waals surface area contributed by atoms with E-state index >= 15 is 0 Å². The summed E-state index contributed by atoms with van der Waals surface area (Å²) in [4.78, 5) is 14.8. The Labute approximate surface area is 566 Å². The number of nitrogens with zero attached hydrogens (tertiary/aromatic N) is 3. The molecule has 3 aliphatic carbocycles. The van der Waals surface area contributed by atoms with Crippen LogP contribution in [0.1, 0.15) is 364 Å². The molecule has 3 fully saturated rings. The molecule has 92 heavy (non-hydrogen) atoms. The van der Waals surface area contributed by atoms with Gasteiger partial charge in [-0.05, 0) is 119 Å². The Morgan fingerprint density at radius 1 is 0.402 bits per heavy atom. The van der Waals surface area contributed by atoms with Crippen molar-refractivity contribution in [1.82, 2.24) is 0 Å². The van der Waals surface area contributed by atoms with Crippen molar-refractivity contribution >= 4 is 24.9 Å². The van der Waals surface area contributed by atoms with Gasteiger partial charge in [0.1, 0.15) is 17.2 Å². The zero-order valence-corrected chi connectivity index (χ0v) is 59.9. The van der Waals surface area contributed by atoms with E-state index in [-0.39, 0.29) is 48.8 Å². The lowest BCUT2D eigenvalue weighted by atomic mass is 9.91. The van der Waals surface area contributed by atoms with Crippen LogP contribution in [0.15, 0.2) is 51.4 Å². The first kappa shape index (κ1) is 86.3. The van der Waals surface area contributed by atoms with E-state index in [1.807, 2.05) is 84.3 Å². The van der Waals surface area contributed by atoms with Crippen LogP contribution in [-0.4, -0.2) is 70.4 Å². The van der Waals surface area contributed by atoms with Crippen molar-refractivity contribution < 1.29 is 15.3 Å². The van der Waals surface area contributed by atoms with Crippen LogP contribution in [0.5, 0.6) is 17.2 Å². The Balaban J connectivity index is 0.00000161. The molecule has 9 nitrogen and oxygen atoms in total. The highest BCUT2D eigenvalue weighted by molar-refractivity contribution is 5.93. The second-order valence-corrected chi connectivity index (χ2v) is 24.9. The first-order valence-corrected chi connectivity index (χ1v) is 37.0. The number of phenolic OH excluding ortho intramolecular Hbond substituents is 3. The van der Waals surface area contributed by atoms with Crippen LogP contribution >= 0.6 is 0 Å². The number of aryl methyl sites for hydroxylation is 2. The van der Waals surface area contributed by atoms with E-state index in [0.717, 1.165) is 118 Å². The fraction of sp³-hybridized carbons (Fsp3) is 0.663. The Morgan fingerprint density at radius 3 is 1.11 bits per heavy atom. The molecule has 3 saturated carbocycles. The molecule has 4 unspecified atom stereocenters. The van der Waals surface area contributed by atoms with Crippen LogP contribution < -0.4 is 11.5 Å². The van der Waals surface area contributed by atoms with Gasteiger partial charge in [0.15, 0.2) is 0 Å². The predicted molar refractivity (Wildman–Crippen MR) is 406 cm³/mol. The highest BCUT2D eigenvalue weighted by atomic mass is 16.3. The molecule has 6 rings (SSSR count). The molecule has 8 N–H and O–H groups in total. The van der Waals surface area contributed by atoms with E-state index in [1.165, 1.54) is 160 Å². The molecule has 4 atom stereocenters. The van der Waals surface area contributed by atoms with Gasteiger partial charge in [-0.25, -0.2) is 0 Å². The molecule has 3 aromatic carbocycles. The Morgan fingerprint density at radius 2 is 0.717 bits per heavy atom. The van der Waals surface area contributed by atoms with Crippen molar-refractivity contribution in [1.29, 1.82) is 5.41 Å². The second kappa shape index (κ2) is 58.0. The molecule has 0 spiro atoms. The SMILES string of the molecule is C.CC.CC.CCCC#Cc1cc(C=NC2CCCCC2)c(O)c(C=NC2CCCCC2N=Cc2cc(C#CCCCCCCCCCC)cc(C)c2O)c1.CCCCCCC.CCCCCCCCCCC#Cc1cc(C)c(O)c(C=N)c1.NC1CCCCC1N. The van der Waals surface area contributed by atoms with Gasteiger partial charge in [-0.1, -0.05) is 272 Å². The molecule has 0 amide bonds. The van der Waals surface area contributed by atoms with Crippen LogP contribution in [0, 0.1) is 54.8 Å². The van der Waals surface area contributed by atoms with Gasteiger partial charge in [-0.2, -0.15) is 0 Å². The highest BCUT2D eigenvalue weighted by Crippen LogP contribution is 2.29. The fourth-order valence-electron chi connectivity index (χ4n) is 11.3. The normalized spacial score (nSPS) is 16.7. The summed E-state index contributed by atoms with van der Waals surface area (Å²) in [5.41, 5.74) is 18.2. The van der Waals surface area contributed by atoms with Gasteiger partial charge >= 0.3 is 0 Å². The summed E-state index contributed by atoms with van der Waals surface area (Å²) in [6.07, 6.45) is 53.0. The number of benzene rings is 3. The van der Waals surface area contributed by atoms with Gasteiger partial charge in [0.05, 0.1) is 12.1 Å². The minimum absolute atomic E-state index is 0. The number of aliphatic imine (C=N–C) groups is 3. The van der Waals surface area contributed by atoms with Gasteiger partial charge in [0, 0.05) is 101 Å². The molecule has 0 aliphatic heterocycles. The number of nitrogens with one attached hydrogen (secondary N) is 1. The predicted octanol–water partition coefficient (Wildman–Crippen LogP) is 22.5. The lowest BCUT2D eigenvalue weighted by Gasteiger charge is -2.25. The minimum atomic E-state index is -0.00792. The van der Waals surface area contributed by atoms with E-state index in [4.69, 9.17) is 31.9 Å². The third-order valence-corrected chi connectivity index (χ3v) is 17.0. The Hall–Kier alpha value is -5.66. The summed E-state index contributed by atoms with van der Waals surface area (Å²) < 4.78 is 0. The summed E-state index contributed by atoms with van der Waals surface area (Å²) >= 11 is 0. The summed E-state index contributed by atoms with van der Waals surface area (Å²) in [6.45, 7) is 22.9. The molecular weight excluding hydrogens is 1130 g/mol. The summed E-state index contributed by atoms with van der Waals surface area (Å²) in [7, 11) is 0. The standard InChI is InChI=1S/C45H61N3O2.C20H29NO.C7H16.C6H14N2.2C2H6.CH4/c1-4-6-8-9-10-11-12-13-14-17-23-36-28-35(3)44(49)38(29-36)33-47-42-26-20-21-27-43(42)48-34-40-31-37(22-16-7-5-2)30-39(45(40)50)32-46-41-24-18-15-19-25-41;1-3-4-5-6-7-8-9-10-11-12-13-18-14-17(2)20(22)19(15-18)16-21;1-3-5-7-6-4-2;7-5-3-1-2-4-6(5)8;2*1-2;/h28-34,41-43,49-50H,4-15,18-21,24-27H2,1-3H3;14-16,21-22H,3-11H2,1-2H3;3-7H2,1-2H3;5-6H,1-4,7-8H2;2*1-2H3;1H4. The number of hydrogen-bond donors (Lipinski definition) is 6. The van der Waals surface area contributed by atoms with Gasteiger partial charge in [-0.15, -0.1) is 0 Å². The zero-order valence-electron chi connectivity index (χ0n) is 59.9. The van der Waals surface area contributed by atoms with E-state index in [9.17, 15) is 15.3 Å². The van der Waals surface area contributed by atoms with Crippen molar-refractivity contribution in [3.05, 3.63) is 86.5 Å². The maximum absolute atomic E-state index is 11.3. The van der Waals surface area contributed by atoms with Crippen molar-refractivity contribution in [2.24, 2.45) is 26.4 Å². The molecule has 3 aromatic rings. The van der Waals surface area contributed by atoms with E-state index < -0.39 is 0 Å². The molecule has 516 valence electrons. The number of aromatic hydroxyl groups is 3. The van der Waals surface area contributed by atoms with Crippen molar-refractivity contribution in [2.75, 3.05) is 0 Å². The fourth-order valence-corrected chi connectivity index (χ4v) is 11.3. The highest BCUT2D eigenvalue weighted by Gasteiger charge is 2.24. The Kier molecular flexibility index (Phi) is 54.4. The third-order valence-electron chi connectivity index (χ3n) is 17.0. The molecule has 3 aliphatic rings. The van der Waals surface area contributed by atoms with Crippen LogP contribution in [0.4, 0.5) is 0 Å². The summed E-state index contributed by atoms with van der Waals surface area (Å²) in [5.74, 6) is 20.2. The number of unbranched alkanes of at least 4 members (excludes halogenated alkanes) is 21. The summed E-state index contributed by atoms with van der Waals surface area (Å²) in [6, 6.07) is 12.3. The maximum Gasteiger partial charge on any atom is 0.133 e. The van der Waals surface area contributed by atoms with Gasteiger partial charge < -0.3 is 32.2 Å². The van der Waals surface area contributed by atoms with Gasteiger partial charge in [-0.3, -0.25) is 15.0 Å². The second-order valence-electron chi connectivity index (χ2n) is 24.9. The van der Waals surface area contributed by atoms with E-state index in [2.05, 4.69) is 70.1 Å². The lowest BCUT2D eigenvalue weighted by molar-refractivity contribution is 0.385. The first-order chi connectivity index (χ1) is 44.4. The zero-order chi connectivity index (χ0) is 67.1. The average Bonchev–Trinajstić information content (AvgIpc) is 1.54. The average molecular weight is 1270 g/mol. The quantitative estimate of drug-likeness (QED) is 0.0241. The van der Waals surface area contributed by atoms with Crippen LogP contribution in [0.2, 0.25) is 0 Å². The van der Waals surface area contributed by atoms with Crippen molar-refractivity contribution in [2.45, 2.75) is 358 Å². The maximum atomic E-state index is 11.3. The molecule has 0 radical (unpaired) electrons. The van der Waals surface area contributed by atoms with Gasteiger partial charge in [0.2, 0.25) is 0 Å². The van der Waals surface area contributed by atoms with Gasteiger partial charge in [0.25, 0.3) is 0 Å². The third kappa shape index (κ3) is 39.1. The molecule has 0 saturated heterocycles. The van der Waals surface area contributed by atoms with E-state index in [1.54, 1.807) is 12.3 Å². The van der Waals surface area contributed by atoms with Crippen LogP contribution in [0.25, 0.3) is 0 Å². The Bertz CT molecular complexity index is 2630. The van der Waals surface area contributed by atoms with E-state index in [0.29, 0.717) is 28.3 Å². The monoisotopic (exact) mass is 1270 g/mol. The molecule has 0 aromatic heterocycles.